The first-order chi connectivity index (χ1) is 10.7. The van der Waals surface area contributed by atoms with Gasteiger partial charge in [-0.1, -0.05) is 12.1 Å². The van der Waals surface area contributed by atoms with E-state index in [-0.39, 0.29) is 11.1 Å². The third-order valence-electron chi connectivity index (χ3n) is 3.21. The number of nitriles is 1. The molecule has 1 heterocycles. The van der Waals surface area contributed by atoms with Crippen LogP contribution in [0.2, 0.25) is 0 Å². The van der Waals surface area contributed by atoms with Crippen molar-refractivity contribution < 1.29 is 13.2 Å². The highest BCUT2D eigenvalue weighted by Crippen LogP contribution is 2.29. The van der Waals surface area contributed by atoms with Crippen molar-refractivity contribution in [3.8, 4) is 6.07 Å². The van der Waals surface area contributed by atoms with Crippen LogP contribution < -0.4 is 5.56 Å². The molecule has 2 rings (SSSR count). The molecule has 7 heteroatoms. The number of halogens is 3. The van der Waals surface area contributed by atoms with Crippen molar-refractivity contribution in [2.24, 2.45) is 5.10 Å². The average Bonchev–Trinajstić information content (AvgIpc) is 2.46. The van der Waals surface area contributed by atoms with E-state index in [0.29, 0.717) is 11.3 Å². The molecule has 0 N–H and O–H groups in total. The van der Waals surface area contributed by atoms with Crippen LogP contribution >= 0.6 is 0 Å². The minimum Gasteiger partial charge on any atom is -0.266 e. The van der Waals surface area contributed by atoms with E-state index in [1.165, 1.54) is 12.1 Å². The minimum atomic E-state index is -4.45. The molecule has 0 aliphatic rings. The van der Waals surface area contributed by atoms with E-state index >= 15 is 0 Å². The van der Waals surface area contributed by atoms with Crippen molar-refractivity contribution in [2.75, 3.05) is 0 Å². The van der Waals surface area contributed by atoms with Gasteiger partial charge in [-0.2, -0.15) is 23.5 Å². The second kappa shape index (κ2) is 6.08. The minimum absolute atomic E-state index is 0.0446. The summed E-state index contributed by atoms with van der Waals surface area (Å²) in [5, 5.41) is 12.9. The molecule has 0 fully saturated rings. The third kappa shape index (κ3) is 3.48. The van der Waals surface area contributed by atoms with Crippen LogP contribution in [0.5, 0.6) is 0 Å². The zero-order chi connectivity index (χ0) is 17.2. The number of hydrogen-bond acceptors (Lipinski definition) is 3. The summed E-state index contributed by atoms with van der Waals surface area (Å²) in [7, 11) is 0. The Morgan fingerprint density at radius 3 is 2.57 bits per heavy atom. The molecule has 0 unspecified atom stereocenters. The van der Waals surface area contributed by atoms with Crippen molar-refractivity contribution in [3.63, 3.8) is 0 Å². The molecular formula is C16H12F3N3O. The summed E-state index contributed by atoms with van der Waals surface area (Å²) in [4.78, 5) is 12.1. The number of hydrogen-bond donors (Lipinski definition) is 0. The van der Waals surface area contributed by atoms with Gasteiger partial charge in [-0.15, -0.1) is 0 Å². The van der Waals surface area contributed by atoms with Crippen molar-refractivity contribution in [3.05, 3.63) is 68.6 Å². The molecule has 1 aromatic heterocycles. The fourth-order valence-electron chi connectivity index (χ4n) is 2.08. The van der Waals surface area contributed by atoms with E-state index in [0.717, 1.165) is 23.0 Å². The zero-order valence-electron chi connectivity index (χ0n) is 12.3. The summed E-state index contributed by atoms with van der Waals surface area (Å²) in [5.41, 5.74) is -0.238. The molecule has 23 heavy (non-hydrogen) atoms. The van der Waals surface area contributed by atoms with Gasteiger partial charge in [0.25, 0.3) is 5.56 Å². The number of benzene rings is 1. The SMILES string of the molecule is Cc1cc(C)n(/N=C\c2cccc(C(F)(F)F)c2)c(=O)c1C#N. The lowest BCUT2D eigenvalue weighted by molar-refractivity contribution is -0.137. The first-order valence-corrected chi connectivity index (χ1v) is 6.59. The van der Waals surface area contributed by atoms with Crippen LogP contribution in [-0.2, 0) is 6.18 Å². The van der Waals surface area contributed by atoms with E-state index < -0.39 is 17.3 Å². The molecule has 4 nitrogen and oxygen atoms in total. The van der Waals surface area contributed by atoms with Crippen LogP contribution in [0.15, 0.2) is 40.2 Å². The number of pyridine rings is 1. The van der Waals surface area contributed by atoms with Gasteiger partial charge in [-0.3, -0.25) is 4.79 Å². The first kappa shape index (κ1) is 16.5. The molecular weight excluding hydrogens is 307 g/mol. The highest BCUT2D eigenvalue weighted by atomic mass is 19.4. The van der Waals surface area contributed by atoms with Gasteiger partial charge in [0.2, 0.25) is 0 Å². The third-order valence-corrected chi connectivity index (χ3v) is 3.21. The quantitative estimate of drug-likeness (QED) is 0.798. The molecule has 118 valence electrons. The smallest absolute Gasteiger partial charge is 0.266 e. The van der Waals surface area contributed by atoms with Crippen LogP contribution in [0.3, 0.4) is 0 Å². The van der Waals surface area contributed by atoms with E-state index in [1.54, 1.807) is 26.0 Å². The summed E-state index contributed by atoms with van der Waals surface area (Å²) < 4.78 is 39.0. The molecule has 0 amide bonds. The van der Waals surface area contributed by atoms with Crippen LogP contribution in [0.1, 0.15) is 27.9 Å². The summed E-state index contributed by atoms with van der Waals surface area (Å²) in [5.74, 6) is 0. The van der Waals surface area contributed by atoms with Gasteiger partial charge in [0.1, 0.15) is 11.6 Å². The predicted molar refractivity (Wildman–Crippen MR) is 79.3 cm³/mol. The number of aromatic nitrogens is 1. The Balaban J connectivity index is 2.47. The van der Waals surface area contributed by atoms with Crippen molar-refractivity contribution in [1.82, 2.24) is 4.68 Å². The second-order valence-corrected chi connectivity index (χ2v) is 4.94. The molecule has 0 saturated carbocycles. The number of nitrogens with zero attached hydrogens (tertiary/aromatic N) is 3. The molecule has 0 spiro atoms. The second-order valence-electron chi connectivity index (χ2n) is 4.94. The van der Waals surface area contributed by atoms with Gasteiger partial charge < -0.3 is 0 Å². The lowest BCUT2D eigenvalue weighted by atomic mass is 10.1. The lowest BCUT2D eigenvalue weighted by Gasteiger charge is -2.08. The molecule has 0 aliphatic heterocycles. The number of rotatable bonds is 2. The summed E-state index contributed by atoms with van der Waals surface area (Å²) in [6.07, 6.45) is -3.30. The molecule has 0 radical (unpaired) electrons. The normalized spacial score (nSPS) is 11.7. The van der Waals surface area contributed by atoms with Crippen molar-refractivity contribution in [2.45, 2.75) is 20.0 Å². The van der Waals surface area contributed by atoms with Gasteiger partial charge in [0, 0.05) is 5.69 Å². The standard InChI is InChI=1S/C16H12F3N3O/c1-10-6-11(2)22(15(23)14(10)8-20)21-9-12-4-3-5-13(7-12)16(17,18)19/h3-7,9H,1-2H3/b21-9-. The first-order valence-electron chi connectivity index (χ1n) is 6.59. The van der Waals surface area contributed by atoms with Gasteiger partial charge in [-0.25, -0.2) is 4.68 Å². The maximum atomic E-state index is 12.7. The monoisotopic (exact) mass is 319 g/mol. The topological polar surface area (TPSA) is 58.1 Å². The van der Waals surface area contributed by atoms with E-state index in [2.05, 4.69) is 5.10 Å². The summed E-state index contributed by atoms with van der Waals surface area (Å²) >= 11 is 0. The fourth-order valence-corrected chi connectivity index (χ4v) is 2.08. The Kier molecular flexibility index (Phi) is 4.36. The molecule has 0 atom stereocenters. The number of alkyl halides is 3. The van der Waals surface area contributed by atoms with E-state index in [1.807, 2.05) is 0 Å². The van der Waals surface area contributed by atoms with Crippen molar-refractivity contribution in [1.29, 1.82) is 5.26 Å². The predicted octanol–water partition coefficient (Wildman–Crippen LogP) is 3.24. The maximum Gasteiger partial charge on any atom is 0.416 e. The lowest BCUT2D eigenvalue weighted by Crippen LogP contribution is -2.22. The van der Waals surface area contributed by atoms with E-state index in [4.69, 9.17) is 5.26 Å². The highest BCUT2D eigenvalue weighted by Gasteiger charge is 2.30. The molecule has 2 aromatic rings. The molecule has 0 bridgehead atoms. The largest absolute Gasteiger partial charge is 0.416 e. The summed E-state index contributed by atoms with van der Waals surface area (Å²) in [6, 6.07) is 8.01. The molecule has 1 aromatic carbocycles. The average molecular weight is 319 g/mol. The maximum absolute atomic E-state index is 12.7. The summed E-state index contributed by atoms with van der Waals surface area (Å²) in [6.45, 7) is 3.26. The molecule has 0 saturated heterocycles. The van der Waals surface area contributed by atoms with Crippen LogP contribution in [0.25, 0.3) is 0 Å². The van der Waals surface area contributed by atoms with E-state index in [9.17, 15) is 18.0 Å². The van der Waals surface area contributed by atoms with Gasteiger partial charge in [-0.05, 0) is 43.2 Å². The highest BCUT2D eigenvalue weighted by molar-refractivity contribution is 5.79. The van der Waals surface area contributed by atoms with Gasteiger partial charge in [0.15, 0.2) is 0 Å². The van der Waals surface area contributed by atoms with Crippen LogP contribution in [-0.4, -0.2) is 10.9 Å². The van der Waals surface area contributed by atoms with Crippen LogP contribution in [0, 0.1) is 25.2 Å². The van der Waals surface area contributed by atoms with Gasteiger partial charge in [0.05, 0.1) is 11.8 Å². The Morgan fingerprint density at radius 1 is 1.26 bits per heavy atom. The fraction of sp³-hybridized carbons (Fsp3) is 0.188. The van der Waals surface area contributed by atoms with Crippen LogP contribution in [0.4, 0.5) is 13.2 Å². The van der Waals surface area contributed by atoms with Crippen molar-refractivity contribution >= 4 is 6.21 Å². The zero-order valence-corrected chi connectivity index (χ0v) is 12.3. The van der Waals surface area contributed by atoms with Gasteiger partial charge >= 0.3 is 6.18 Å². The Morgan fingerprint density at radius 2 is 1.96 bits per heavy atom. The Labute approximate surface area is 130 Å². The number of aryl methyl sites for hydroxylation is 2. The Bertz CT molecular complexity index is 874. The molecule has 0 aliphatic carbocycles. The Hall–Kier alpha value is -2.88.